The van der Waals surface area contributed by atoms with E-state index in [0.29, 0.717) is 38.4 Å². The van der Waals surface area contributed by atoms with Gasteiger partial charge in [0.15, 0.2) is 5.82 Å². The fraction of sp³-hybridized carbons (Fsp3) is 0.800. The first-order valence-electron chi connectivity index (χ1n) is 5.73. The summed E-state index contributed by atoms with van der Waals surface area (Å²) in [7, 11) is 1.59. The van der Waals surface area contributed by atoms with Crippen LogP contribution in [0.15, 0.2) is 0 Å². The van der Waals surface area contributed by atoms with Crippen molar-refractivity contribution in [3.05, 3.63) is 5.82 Å². The van der Waals surface area contributed by atoms with Gasteiger partial charge in [0.05, 0.1) is 25.2 Å². The van der Waals surface area contributed by atoms with E-state index in [1.165, 1.54) is 4.68 Å². The predicted molar refractivity (Wildman–Crippen MR) is 58.7 cm³/mol. The molecule has 1 aliphatic carbocycles. The summed E-state index contributed by atoms with van der Waals surface area (Å²) in [5, 5.41) is 20.3. The number of aliphatic carboxylic acids is 1. The van der Waals surface area contributed by atoms with Crippen molar-refractivity contribution < 1.29 is 19.4 Å². The van der Waals surface area contributed by atoms with Gasteiger partial charge in [-0.3, -0.25) is 4.79 Å². The van der Waals surface area contributed by atoms with Gasteiger partial charge in [-0.15, -0.1) is 5.10 Å². The van der Waals surface area contributed by atoms with Gasteiger partial charge in [-0.25, -0.2) is 4.68 Å². The van der Waals surface area contributed by atoms with E-state index >= 15 is 0 Å². The smallest absolute Gasteiger partial charge is 0.311 e. The first-order valence-corrected chi connectivity index (χ1v) is 5.73. The highest BCUT2D eigenvalue weighted by Gasteiger charge is 2.51. The SMILES string of the molecule is COCCOCc1nnnn1CC1(C(=O)O)CC1. The van der Waals surface area contributed by atoms with Gasteiger partial charge in [-0.2, -0.15) is 0 Å². The van der Waals surface area contributed by atoms with Crippen LogP contribution in [0.2, 0.25) is 0 Å². The summed E-state index contributed by atoms with van der Waals surface area (Å²) in [5.74, 6) is -0.247. The largest absolute Gasteiger partial charge is 0.481 e. The number of carboxylic acids is 1. The van der Waals surface area contributed by atoms with E-state index in [9.17, 15) is 4.79 Å². The van der Waals surface area contributed by atoms with Crippen LogP contribution in [0.1, 0.15) is 18.7 Å². The number of hydrogen-bond donors (Lipinski definition) is 1. The van der Waals surface area contributed by atoms with Gasteiger partial charge in [-0.1, -0.05) is 0 Å². The van der Waals surface area contributed by atoms with Crippen molar-refractivity contribution in [1.29, 1.82) is 0 Å². The number of hydrogen-bond acceptors (Lipinski definition) is 6. The highest BCUT2D eigenvalue weighted by atomic mass is 16.5. The molecule has 0 bridgehead atoms. The van der Waals surface area contributed by atoms with Crippen molar-refractivity contribution in [2.24, 2.45) is 5.41 Å². The molecule has 0 radical (unpaired) electrons. The molecule has 0 atom stereocenters. The monoisotopic (exact) mass is 256 g/mol. The maximum absolute atomic E-state index is 11.1. The topological polar surface area (TPSA) is 99.4 Å². The third kappa shape index (κ3) is 2.82. The first-order chi connectivity index (χ1) is 8.68. The number of ether oxygens (including phenoxy) is 2. The van der Waals surface area contributed by atoms with Crippen LogP contribution >= 0.6 is 0 Å². The lowest BCUT2D eigenvalue weighted by molar-refractivity contribution is -0.144. The Balaban J connectivity index is 1.90. The van der Waals surface area contributed by atoms with Crippen LogP contribution in [-0.2, 0) is 27.4 Å². The number of carbonyl (C=O) groups is 1. The normalized spacial score (nSPS) is 16.7. The molecule has 1 N–H and O–H groups in total. The molecule has 8 heteroatoms. The molecular weight excluding hydrogens is 240 g/mol. The van der Waals surface area contributed by atoms with Crippen molar-refractivity contribution in [3.63, 3.8) is 0 Å². The Morgan fingerprint density at radius 2 is 2.28 bits per heavy atom. The molecule has 1 saturated carbocycles. The molecule has 1 heterocycles. The van der Waals surface area contributed by atoms with Crippen molar-refractivity contribution >= 4 is 5.97 Å². The van der Waals surface area contributed by atoms with Crippen LogP contribution in [0.3, 0.4) is 0 Å². The van der Waals surface area contributed by atoms with Gasteiger partial charge in [0, 0.05) is 7.11 Å². The zero-order chi connectivity index (χ0) is 13.0. The molecule has 0 saturated heterocycles. The Labute approximate surface area is 104 Å². The van der Waals surface area contributed by atoms with Gasteiger partial charge in [0.25, 0.3) is 0 Å². The number of methoxy groups -OCH3 is 1. The van der Waals surface area contributed by atoms with Crippen LogP contribution < -0.4 is 0 Å². The summed E-state index contributed by atoms with van der Waals surface area (Å²) in [6.07, 6.45) is 1.35. The van der Waals surface area contributed by atoms with Crippen molar-refractivity contribution in [2.45, 2.75) is 26.0 Å². The minimum atomic E-state index is -0.788. The average Bonchev–Trinajstić information content (AvgIpc) is 3.00. The van der Waals surface area contributed by atoms with Gasteiger partial charge < -0.3 is 14.6 Å². The fourth-order valence-electron chi connectivity index (χ4n) is 1.63. The van der Waals surface area contributed by atoms with Crippen molar-refractivity contribution in [3.8, 4) is 0 Å². The molecule has 18 heavy (non-hydrogen) atoms. The summed E-state index contributed by atoms with van der Waals surface area (Å²) >= 11 is 0. The number of rotatable bonds is 8. The molecule has 1 aromatic rings. The summed E-state index contributed by atoms with van der Waals surface area (Å²) < 4.78 is 11.7. The summed E-state index contributed by atoms with van der Waals surface area (Å²) in [6, 6.07) is 0. The Morgan fingerprint density at radius 1 is 1.50 bits per heavy atom. The molecule has 0 aromatic carbocycles. The molecular formula is C10H16N4O4. The highest BCUT2D eigenvalue weighted by Crippen LogP contribution is 2.47. The molecule has 1 aromatic heterocycles. The van der Waals surface area contributed by atoms with E-state index in [-0.39, 0.29) is 6.61 Å². The molecule has 8 nitrogen and oxygen atoms in total. The fourth-order valence-corrected chi connectivity index (χ4v) is 1.63. The van der Waals surface area contributed by atoms with E-state index < -0.39 is 11.4 Å². The number of aromatic nitrogens is 4. The molecule has 1 aliphatic rings. The average molecular weight is 256 g/mol. The van der Waals surface area contributed by atoms with Crippen molar-refractivity contribution in [1.82, 2.24) is 20.2 Å². The van der Waals surface area contributed by atoms with E-state index in [1.54, 1.807) is 7.11 Å². The second-order valence-corrected chi connectivity index (χ2v) is 4.38. The van der Waals surface area contributed by atoms with E-state index in [0.717, 1.165) is 0 Å². The summed E-state index contributed by atoms with van der Waals surface area (Å²) in [5.41, 5.74) is -0.684. The molecule has 100 valence electrons. The molecule has 2 rings (SSSR count). The highest BCUT2D eigenvalue weighted by molar-refractivity contribution is 5.77. The van der Waals surface area contributed by atoms with Gasteiger partial charge >= 0.3 is 5.97 Å². The molecule has 0 amide bonds. The second-order valence-electron chi connectivity index (χ2n) is 4.38. The maximum Gasteiger partial charge on any atom is 0.311 e. The number of tetrazole rings is 1. The van der Waals surface area contributed by atoms with Crippen LogP contribution in [0.25, 0.3) is 0 Å². The Bertz CT molecular complexity index is 416. The Kier molecular flexibility index (Phi) is 3.87. The van der Waals surface area contributed by atoms with Crippen molar-refractivity contribution in [2.75, 3.05) is 20.3 Å². The van der Waals surface area contributed by atoms with Gasteiger partial charge in [-0.05, 0) is 23.3 Å². The summed E-state index contributed by atoms with van der Waals surface area (Å²) in [6.45, 7) is 1.51. The molecule has 0 aliphatic heterocycles. The second kappa shape index (κ2) is 5.40. The third-order valence-corrected chi connectivity index (χ3v) is 3.03. The number of carboxylic acid groups (broad SMARTS) is 1. The van der Waals surface area contributed by atoms with Crippen LogP contribution in [0.5, 0.6) is 0 Å². The van der Waals surface area contributed by atoms with Crippen LogP contribution in [-0.4, -0.2) is 51.6 Å². The standard InChI is InChI=1S/C10H16N4O4/c1-17-4-5-18-6-8-11-12-13-14(8)7-10(2-3-10)9(15)16/h2-7H2,1H3,(H,15,16). The summed E-state index contributed by atoms with van der Waals surface area (Å²) in [4.78, 5) is 11.1. The maximum atomic E-state index is 11.1. The van der Waals surface area contributed by atoms with Crippen LogP contribution in [0.4, 0.5) is 0 Å². The van der Waals surface area contributed by atoms with Gasteiger partial charge in [0.1, 0.15) is 6.61 Å². The Morgan fingerprint density at radius 3 is 2.89 bits per heavy atom. The lowest BCUT2D eigenvalue weighted by Gasteiger charge is -2.10. The minimum absolute atomic E-state index is 0.256. The molecule has 0 unspecified atom stereocenters. The molecule has 0 spiro atoms. The quantitative estimate of drug-likeness (QED) is 0.637. The zero-order valence-electron chi connectivity index (χ0n) is 10.2. The van der Waals surface area contributed by atoms with E-state index in [2.05, 4.69) is 15.5 Å². The number of nitrogens with zero attached hydrogens (tertiary/aromatic N) is 4. The lowest BCUT2D eigenvalue weighted by atomic mass is 10.1. The van der Waals surface area contributed by atoms with Gasteiger partial charge in [0.2, 0.25) is 0 Å². The minimum Gasteiger partial charge on any atom is -0.481 e. The first kappa shape index (κ1) is 12.9. The Hall–Kier alpha value is -1.54. The van der Waals surface area contributed by atoms with E-state index in [4.69, 9.17) is 14.6 Å². The predicted octanol–water partition coefficient (Wildman–Crippen LogP) is -0.299. The van der Waals surface area contributed by atoms with E-state index in [1.807, 2.05) is 0 Å². The lowest BCUT2D eigenvalue weighted by Crippen LogP contribution is -2.23. The molecule has 1 fully saturated rings. The van der Waals surface area contributed by atoms with Crippen LogP contribution in [0, 0.1) is 5.41 Å². The zero-order valence-corrected chi connectivity index (χ0v) is 10.2. The third-order valence-electron chi connectivity index (χ3n) is 3.03.